The number of aliphatic hydroxyl groups excluding tert-OH is 1. The normalized spacial score (nSPS) is 12.3. The van der Waals surface area contributed by atoms with Gasteiger partial charge in [0, 0.05) is 37.4 Å². The summed E-state index contributed by atoms with van der Waals surface area (Å²) in [6.07, 6.45) is 1.24. The van der Waals surface area contributed by atoms with Crippen molar-refractivity contribution in [2.24, 2.45) is 0 Å². The second-order valence-corrected chi connectivity index (χ2v) is 10.4. The van der Waals surface area contributed by atoms with Crippen LogP contribution >= 0.6 is 0 Å². The van der Waals surface area contributed by atoms with Crippen LogP contribution in [0.3, 0.4) is 0 Å². The van der Waals surface area contributed by atoms with Crippen LogP contribution in [0.4, 0.5) is 0 Å². The van der Waals surface area contributed by atoms with Crippen LogP contribution in [0.1, 0.15) is 54.6 Å². The van der Waals surface area contributed by atoms with Crippen LogP contribution in [0, 0.1) is 13.8 Å². The molecule has 2 amide bonds. The van der Waals surface area contributed by atoms with Gasteiger partial charge >= 0.3 is 0 Å². The fourth-order valence-corrected chi connectivity index (χ4v) is 5.17. The van der Waals surface area contributed by atoms with Gasteiger partial charge in [0.15, 0.2) is 0 Å². The number of hydrogen-bond donors (Lipinski definition) is 1. The molecule has 0 radical (unpaired) electrons. The number of rotatable bonds is 9. The van der Waals surface area contributed by atoms with Gasteiger partial charge in [0.1, 0.15) is 0 Å². The molecule has 0 bridgehead atoms. The molecule has 8 heteroatoms. The largest absolute Gasteiger partial charge is 0.396 e. The third-order valence-electron chi connectivity index (χ3n) is 7.16. The molecular weight excluding hydrogens is 526 g/mol. The van der Waals surface area contributed by atoms with Gasteiger partial charge in [0.2, 0.25) is 0 Å². The molecule has 3 aromatic carbocycles. The van der Waals surface area contributed by atoms with Gasteiger partial charge in [-0.25, -0.2) is 0 Å². The number of carbonyl (C=O) groups excluding carboxylic acids is 2. The van der Waals surface area contributed by atoms with Crippen molar-refractivity contribution >= 4 is 11.8 Å². The zero-order chi connectivity index (χ0) is 29.5. The maximum Gasteiger partial charge on any atom is 0.261 e. The molecule has 1 aliphatic heterocycles. The highest BCUT2D eigenvalue weighted by Crippen LogP contribution is 2.23. The van der Waals surface area contributed by atoms with E-state index in [9.17, 15) is 9.59 Å². The Morgan fingerprint density at radius 3 is 1.50 bits per heavy atom. The smallest absolute Gasteiger partial charge is 0.261 e. The Morgan fingerprint density at radius 1 is 0.619 bits per heavy atom. The van der Waals surface area contributed by atoms with Gasteiger partial charge in [-0.3, -0.25) is 23.9 Å². The second-order valence-electron chi connectivity index (χ2n) is 10.4. The highest BCUT2D eigenvalue weighted by atomic mass is 16.3. The van der Waals surface area contributed by atoms with E-state index in [1.165, 1.54) is 10.5 Å². The average molecular weight is 562 g/mol. The van der Waals surface area contributed by atoms with E-state index in [0.717, 1.165) is 34.9 Å². The van der Waals surface area contributed by atoms with Crippen molar-refractivity contribution in [2.75, 3.05) is 13.2 Å². The Bertz CT molecular complexity index is 1620. The first-order chi connectivity index (χ1) is 20.4. The van der Waals surface area contributed by atoms with E-state index in [1.807, 2.05) is 71.7 Å². The number of imide groups is 1. The average Bonchev–Trinajstić information content (AvgIpc) is 3.61. The third-order valence-corrected chi connectivity index (χ3v) is 7.16. The van der Waals surface area contributed by atoms with Gasteiger partial charge in [-0.15, -0.1) is 0 Å². The van der Waals surface area contributed by atoms with Gasteiger partial charge in [-0.1, -0.05) is 72.8 Å². The van der Waals surface area contributed by atoms with E-state index in [4.69, 9.17) is 5.11 Å². The first kappa shape index (κ1) is 28.7. The summed E-state index contributed by atoms with van der Waals surface area (Å²) in [7, 11) is 0. The van der Waals surface area contributed by atoms with Gasteiger partial charge in [-0.2, -0.15) is 10.2 Å². The van der Waals surface area contributed by atoms with Crippen LogP contribution in [0.2, 0.25) is 0 Å². The van der Waals surface area contributed by atoms with Crippen LogP contribution in [-0.4, -0.2) is 54.5 Å². The van der Waals surface area contributed by atoms with Crippen molar-refractivity contribution in [2.45, 2.75) is 39.8 Å². The lowest BCUT2D eigenvalue weighted by atomic mass is 10.1. The molecule has 5 aromatic rings. The molecule has 0 atom stereocenters. The Balaban J connectivity index is 0.000000189. The summed E-state index contributed by atoms with van der Waals surface area (Å²) in [5, 5.41) is 18.0. The number of carbonyl (C=O) groups is 2. The lowest BCUT2D eigenvalue weighted by molar-refractivity contribution is 0.0655. The van der Waals surface area contributed by atoms with Gasteiger partial charge in [0.25, 0.3) is 11.8 Å². The molecule has 3 heterocycles. The number of amides is 2. The van der Waals surface area contributed by atoms with Crippen LogP contribution in [0.5, 0.6) is 0 Å². The molecule has 1 N–H and O–H groups in total. The standard InChI is InChI=1S/C21H19N3O2.C13H16N2O/c1-15-13-17(24(22-15)14-16-7-3-2-4-8-16)11-12-23-20(25)18-9-5-6-10-19(18)21(23)26;1-11-9-13(7-8-16)15(14-11)10-12-5-3-2-4-6-12/h2-10,13H,11-12,14H2,1H3;2-6,9,16H,7-8,10H2,1H3. The SMILES string of the molecule is Cc1cc(CCN2C(=O)c3ccccc3C2=O)n(Cc2ccccc2)n1.Cc1cc(CCO)n(Cc2ccccc2)n1. The van der Waals surface area contributed by atoms with Crippen molar-refractivity contribution in [1.29, 1.82) is 0 Å². The van der Waals surface area contributed by atoms with Crippen LogP contribution in [0.15, 0.2) is 97.1 Å². The Morgan fingerprint density at radius 2 is 1.05 bits per heavy atom. The summed E-state index contributed by atoms with van der Waals surface area (Å²) in [6, 6.07) is 31.4. The lowest BCUT2D eigenvalue weighted by Gasteiger charge is -2.14. The summed E-state index contributed by atoms with van der Waals surface area (Å²) in [6.45, 7) is 5.89. The molecule has 0 fully saturated rings. The Labute approximate surface area is 245 Å². The molecule has 8 nitrogen and oxygen atoms in total. The molecular formula is C34H35N5O3. The molecule has 42 heavy (non-hydrogen) atoms. The van der Waals surface area contributed by atoms with Crippen molar-refractivity contribution in [3.8, 4) is 0 Å². The van der Waals surface area contributed by atoms with E-state index < -0.39 is 0 Å². The van der Waals surface area contributed by atoms with E-state index in [0.29, 0.717) is 37.1 Å². The van der Waals surface area contributed by atoms with Gasteiger partial charge in [0.05, 0.1) is 35.6 Å². The van der Waals surface area contributed by atoms with E-state index in [1.54, 1.807) is 24.3 Å². The number of hydrogen-bond acceptors (Lipinski definition) is 5. The highest BCUT2D eigenvalue weighted by Gasteiger charge is 2.34. The van der Waals surface area contributed by atoms with Crippen molar-refractivity contribution in [3.05, 3.63) is 142 Å². The Kier molecular flexibility index (Phi) is 9.04. The number of aliphatic hydroxyl groups is 1. The number of aromatic nitrogens is 4. The molecule has 0 saturated heterocycles. The quantitative estimate of drug-likeness (QED) is 0.260. The first-order valence-electron chi connectivity index (χ1n) is 14.1. The minimum atomic E-state index is -0.212. The molecule has 0 spiro atoms. The fourth-order valence-electron chi connectivity index (χ4n) is 5.17. The van der Waals surface area contributed by atoms with Crippen LogP contribution < -0.4 is 0 Å². The van der Waals surface area contributed by atoms with Crippen molar-refractivity contribution in [3.63, 3.8) is 0 Å². The zero-order valence-electron chi connectivity index (χ0n) is 24.0. The lowest BCUT2D eigenvalue weighted by Crippen LogP contribution is -2.32. The van der Waals surface area contributed by atoms with Gasteiger partial charge < -0.3 is 5.11 Å². The number of aryl methyl sites for hydroxylation is 2. The molecule has 214 valence electrons. The molecule has 0 saturated carbocycles. The topological polar surface area (TPSA) is 93.3 Å². The first-order valence-corrected chi connectivity index (χ1v) is 14.1. The molecule has 6 rings (SSSR count). The second kappa shape index (κ2) is 13.2. The maximum atomic E-state index is 12.5. The number of benzene rings is 3. The molecule has 0 unspecified atom stereocenters. The van der Waals surface area contributed by atoms with Crippen molar-refractivity contribution in [1.82, 2.24) is 24.5 Å². The predicted molar refractivity (Wildman–Crippen MR) is 161 cm³/mol. The molecule has 1 aliphatic rings. The number of nitrogens with zero attached hydrogens (tertiary/aromatic N) is 5. The van der Waals surface area contributed by atoms with Crippen LogP contribution in [0.25, 0.3) is 0 Å². The maximum absolute atomic E-state index is 12.5. The Hall–Kier alpha value is -4.82. The summed E-state index contributed by atoms with van der Waals surface area (Å²) in [4.78, 5) is 26.3. The van der Waals surface area contributed by atoms with Crippen LogP contribution in [-0.2, 0) is 25.9 Å². The highest BCUT2D eigenvalue weighted by molar-refractivity contribution is 6.21. The summed E-state index contributed by atoms with van der Waals surface area (Å²) < 4.78 is 3.91. The van der Waals surface area contributed by atoms with Crippen molar-refractivity contribution < 1.29 is 14.7 Å². The zero-order valence-corrected chi connectivity index (χ0v) is 24.0. The molecule has 2 aromatic heterocycles. The van der Waals surface area contributed by atoms with Gasteiger partial charge in [-0.05, 0) is 49.2 Å². The summed E-state index contributed by atoms with van der Waals surface area (Å²) in [5.41, 5.74) is 7.41. The molecule has 0 aliphatic carbocycles. The monoisotopic (exact) mass is 561 g/mol. The minimum Gasteiger partial charge on any atom is -0.396 e. The van der Waals surface area contributed by atoms with E-state index in [-0.39, 0.29) is 18.4 Å². The number of fused-ring (bicyclic) bond motifs is 1. The third kappa shape index (κ3) is 6.72. The summed E-state index contributed by atoms with van der Waals surface area (Å²) >= 11 is 0. The van der Waals surface area contributed by atoms with E-state index in [2.05, 4.69) is 34.5 Å². The summed E-state index contributed by atoms with van der Waals surface area (Å²) in [5.74, 6) is -0.423. The minimum absolute atomic E-state index is 0.167. The predicted octanol–water partition coefficient (Wildman–Crippen LogP) is 4.85. The van der Waals surface area contributed by atoms with E-state index >= 15 is 0 Å². The fraction of sp³-hybridized carbons (Fsp3) is 0.235.